The van der Waals surface area contributed by atoms with Gasteiger partial charge in [0.15, 0.2) is 0 Å². The summed E-state index contributed by atoms with van der Waals surface area (Å²) in [5.74, 6) is 0. The Labute approximate surface area is 109 Å². The Balaban J connectivity index is 1.96. The van der Waals surface area contributed by atoms with Gasteiger partial charge in [0.1, 0.15) is 0 Å². The second-order valence-electron chi connectivity index (χ2n) is 4.57. The third kappa shape index (κ3) is 3.44. The Morgan fingerprint density at radius 3 is 2.89 bits per heavy atom. The van der Waals surface area contributed by atoms with Gasteiger partial charge in [-0.2, -0.15) is 0 Å². The number of imidazole rings is 1. The quantitative estimate of drug-likeness (QED) is 0.790. The van der Waals surface area contributed by atoms with E-state index in [1.165, 1.54) is 11.1 Å². The van der Waals surface area contributed by atoms with E-state index in [4.69, 9.17) is 0 Å². The van der Waals surface area contributed by atoms with Gasteiger partial charge in [0.05, 0.1) is 12.0 Å². The van der Waals surface area contributed by atoms with Crippen molar-refractivity contribution in [1.29, 1.82) is 0 Å². The summed E-state index contributed by atoms with van der Waals surface area (Å²) in [6.45, 7) is 7.19. The maximum Gasteiger partial charge on any atom is 0.0952 e. The lowest BCUT2D eigenvalue weighted by molar-refractivity contribution is 0.708. The summed E-state index contributed by atoms with van der Waals surface area (Å²) in [6, 6.07) is 8.49. The zero-order valence-corrected chi connectivity index (χ0v) is 11.2. The molecule has 0 radical (unpaired) electrons. The predicted octanol–water partition coefficient (Wildman–Crippen LogP) is 2.39. The Hall–Kier alpha value is -1.61. The van der Waals surface area contributed by atoms with Gasteiger partial charge >= 0.3 is 0 Å². The highest BCUT2D eigenvalue weighted by molar-refractivity contribution is 5.25. The van der Waals surface area contributed by atoms with Gasteiger partial charge in [0.25, 0.3) is 0 Å². The lowest BCUT2D eigenvalue weighted by Gasteiger charge is -2.05. The van der Waals surface area contributed by atoms with Crippen LogP contribution in [0, 0.1) is 6.92 Å². The number of nitrogens with one attached hydrogen (secondary N) is 1. The molecule has 2 aromatic rings. The number of aryl methyl sites for hydroxylation is 1. The summed E-state index contributed by atoms with van der Waals surface area (Å²) in [7, 11) is 0. The van der Waals surface area contributed by atoms with E-state index in [9.17, 15) is 0 Å². The van der Waals surface area contributed by atoms with Crippen LogP contribution in [-0.4, -0.2) is 22.6 Å². The number of nitrogens with zero attached hydrogens (tertiary/aromatic N) is 2. The lowest BCUT2D eigenvalue weighted by atomic mass is 10.1. The minimum atomic E-state index is 0.904. The Bertz CT molecular complexity index is 488. The predicted molar refractivity (Wildman–Crippen MR) is 74.8 cm³/mol. The second kappa shape index (κ2) is 6.36. The molecule has 0 aliphatic carbocycles. The van der Waals surface area contributed by atoms with E-state index in [1.807, 2.05) is 6.33 Å². The van der Waals surface area contributed by atoms with E-state index in [2.05, 4.69) is 59.2 Å². The van der Waals surface area contributed by atoms with Crippen LogP contribution in [0.25, 0.3) is 0 Å². The summed E-state index contributed by atoms with van der Waals surface area (Å²) in [6.07, 6.45) is 5.06. The van der Waals surface area contributed by atoms with Crippen LogP contribution in [0.3, 0.4) is 0 Å². The summed E-state index contributed by atoms with van der Waals surface area (Å²) in [5.41, 5.74) is 3.85. The highest BCUT2D eigenvalue weighted by atomic mass is 15.0. The molecule has 0 fully saturated rings. The van der Waals surface area contributed by atoms with Crippen molar-refractivity contribution in [3.63, 3.8) is 0 Å². The second-order valence-corrected chi connectivity index (χ2v) is 4.57. The smallest absolute Gasteiger partial charge is 0.0952 e. The van der Waals surface area contributed by atoms with E-state index in [-0.39, 0.29) is 0 Å². The minimum absolute atomic E-state index is 0.904. The number of hydrogen-bond donors (Lipinski definition) is 1. The number of hydrogen-bond acceptors (Lipinski definition) is 2. The van der Waals surface area contributed by atoms with Crippen molar-refractivity contribution >= 4 is 0 Å². The Morgan fingerprint density at radius 2 is 2.11 bits per heavy atom. The van der Waals surface area contributed by atoms with Crippen molar-refractivity contribution < 1.29 is 0 Å². The maximum absolute atomic E-state index is 4.44. The molecule has 0 atom stereocenters. The zero-order valence-electron chi connectivity index (χ0n) is 11.2. The molecule has 0 bridgehead atoms. The fourth-order valence-electron chi connectivity index (χ4n) is 2.00. The van der Waals surface area contributed by atoms with Crippen LogP contribution in [0.1, 0.15) is 23.7 Å². The summed E-state index contributed by atoms with van der Waals surface area (Å²) >= 11 is 0. The molecule has 0 unspecified atom stereocenters. The monoisotopic (exact) mass is 243 g/mol. The van der Waals surface area contributed by atoms with Crippen LogP contribution in [0.5, 0.6) is 0 Å². The summed E-state index contributed by atoms with van der Waals surface area (Å²) < 4.78 is 2.16. The van der Waals surface area contributed by atoms with Gasteiger partial charge < -0.3 is 9.88 Å². The van der Waals surface area contributed by atoms with E-state index >= 15 is 0 Å². The molecule has 3 heteroatoms. The summed E-state index contributed by atoms with van der Waals surface area (Å²) in [5, 5.41) is 3.32. The molecule has 0 aliphatic rings. The van der Waals surface area contributed by atoms with Crippen molar-refractivity contribution in [2.45, 2.75) is 26.8 Å². The Morgan fingerprint density at radius 1 is 1.28 bits per heavy atom. The molecule has 1 N–H and O–H groups in total. The van der Waals surface area contributed by atoms with Crippen LogP contribution in [0.15, 0.2) is 36.8 Å². The van der Waals surface area contributed by atoms with Gasteiger partial charge in [-0.05, 0) is 24.6 Å². The van der Waals surface area contributed by atoms with Crippen LogP contribution in [0.4, 0.5) is 0 Å². The van der Waals surface area contributed by atoms with Gasteiger partial charge in [-0.3, -0.25) is 0 Å². The highest BCUT2D eigenvalue weighted by Crippen LogP contribution is 2.09. The van der Waals surface area contributed by atoms with Crippen LogP contribution in [-0.2, 0) is 13.0 Å². The highest BCUT2D eigenvalue weighted by Gasteiger charge is 2.01. The average molecular weight is 243 g/mol. The molecule has 2 rings (SSSR count). The van der Waals surface area contributed by atoms with Crippen molar-refractivity contribution in [2.75, 3.05) is 13.1 Å². The van der Waals surface area contributed by atoms with Crippen molar-refractivity contribution in [2.24, 2.45) is 0 Å². The normalized spacial score (nSPS) is 10.8. The molecule has 0 aliphatic heterocycles. The number of aromatic nitrogens is 2. The standard InChI is InChI=1S/C15H21N3/c1-3-16-9-8-15-11-18(12-17-15)10-14-7-5-4-6-13(14)2/h4-7,11-12,16H,3,8-10H2,1-2H3. The molecule has 0 spiro atoms. The third-order valence-electron chi connectivity index (χ3n) is 3.11. The fraction of sp³-hybridized carbons (Fsp3) is 0.400. The SMILES string of the molecule is CCNCCc1cn(Cc2ccccc2C)cn1. The van der Waals surface area contributed by atoms with E-state index in [0.717, 1.165) is 31.7 Å². The lowest BCUT2D eigenvalue weighted by Crippen LogP contribution is -2.16. The first-order chi connectivity index (χ1) is 8.79. The Kier molecular flexibility index (Phi) is 4.53. The fourth-order valence-corrected chi connectivity index (χ4v) is 2.00. The molecule has 1 aromatic heterocycles. The van der Waals surface area contributed by atoms with Gasteiger partial charge in [0.2, 0.25) is 0 Å². The van der Waals surface area contributed by atoms with Crippen LogP contribution < -0.4 is 5.32 Å². The van der Waals surface area contributed by atoms with Gasteiger partial charge in [-0.25, -0.2) is 4.98 Å². The van der Waals surface area contributed by atoms with E-state index in [0.29, 0.717) is 0 Å². The van der Waals surface area contributed by atoms with Crippen molar-refractivity contribution in [3.8, 4) is 0 Å². The number of likely N-dealkylation sites (N-methyl/N-ethyl adjacent to an activating group) is 1. The van der Waals surface area contributed by atoms with Gasteiger partial charge in [0, 0.05) is 25.7 Å². The first-order valence-electron chi connectivity index (χ1n) is 6.55. The molecule has 18 heavy (non-hydrogen) atoms. The third-order valence-corrected chi connectivity index (χ3v) is 3.11. The van der Waals surface area contributed by atoms with Gasteiger partial charge in [-0.1, -0.05) is 31.2 Å². The first-order valence-corrected chi connectivity index (χ1v) is 6.55. The molecule has 0 saturated carbocycles. The zero-order chi connectivity index (χ0) is 12.8. The molecule has 96 valence electrons. The molecule has 3 nitrogen and oxygen atoms in total. The van der Waals surface area contributed by atoms with Crippen LogP contribution >= 0.6 is 0 Å². The maximum atomic E-state index is 4.44. The van der Waals surface area contributed by atoms with Crippen molar-refractivity contribution in [1.82, 2.24) is 14.9 Å². The number of rotatable bonds is 6. The molecule has 1 heterocycles. The molecule has 1 aromatic carbocycles. The van der Waals surface area contributed by atoms with Crippen molar-refractivity contribution in [3.05, 3.63) is 53.6 Å². The van der Waals surface area contributed by atoms with E-state index in [1.54, 1.807) is 0 Å². The van der Waals surface area contributed by atoms with E-state index < -0.39 is 0 Å². The average Bonchev–Trinajstić information content (AvgIpc) is 2.80. The molecular formula is C15H21N3. The van der Waals surface area contributed by atoms with Gasteiger partial charge in [-0.15, -0.1) is 0 Å². The van der Waals surface area contributed by atoms with Crippen LogP contribution in [0.2, 0.25) is 0 Å². The number of benzene rings is 1. The molecular weight excluding hydrogens is 222 g/mol. The summed E-state index contributed by atoms with van der Waals surface area (Å²) in [4.78, 5) is 4.44. The molecule has 0 amide bonds. The minimum Gasteiger partial charge on any atom is -0.333 e. The first kappa shape index (κ1) is 12.8. The topological polar surface area (TPSA) is 29.9 Å². The molecule has 0 saturated heterocycles. The largest absolute Gasteiger partial charge is 0.333 e.